The third kappa shape index (κ3) is 9.19. The summed E-state index contributed by atoms with van der Waals surface area (Å²) in [6.45, 7) is 1.62. The zero-order chi connectivity index (χ0) is 39.1. The second kappa shape index (κ2) is 16.8. The predicted octanol–water partition coefficient (Wildman–Crippen LogP) is 18.7. The van der Waals surface area contributed by atoms with Gasteiger partial charge in [-0.2, -0.15) is 0 Å². The van der Waals surface area contributed by atoms with Crippen LogP contribution in [0.2, 0.25) is 0 Å². The van der Waals surface area contributed by atoms with Crippen LogP contribution in [0.5, 0.6) is 0 Å². The van der Waals surface area contributed by atoms with E-state index in [-0.39, 0.29) is 12.0 Å². The maximum atomic E-state index is 6.88. The molecule has 27 heteroatoms. The SMILES string of the molecule is CC[CH]c1c(C(Cl)(Cl)C(Cl)(Cl)C(Cl)(Cl)C(Cl)(Cl)Cl)cc(C(Cl)(Cl)C(Cl)(Cl)C(Cl)(Cl)C(Cl)(Cl)Cl)cc1C(Cl)(Cl)C(Cl)(Cl)C(Cl)(Cl)C(Cl)(Cl)Cl. The Morgan fingerprint density at radius 2 is 0.604 bits per heavy atom. The van der Waals surface area contributed by atoms with Crippen LogP contribution in [0.3, 0.4) is 0 Å². The Kier molecular flexibility index (Phi) is 18.6. The van der Waals surface area contributed by atoms with Crippen LogP contribution in [0.25, 0.3) is 0 Å². The highest BCUT2D eigenvalue weighted by Crippen LogP contribution is 2.70. The Hall–Kier alpha value is 7.05. The van der Waals surface area contributed by atoms with E-state index in [1.165, 1.54) is 6.42 Å². The van der Waals surface area contributed by atoms with Crippen LogP contribution in [0.15, 0.2) is 12.1 Å². The quantitative estimate of drug-likeness (QED) is 0.194. The van der Waals surface area contributed by atoms with Crippen molar-refractivity contribution in [1.82, 2.24) is 0 Å². The first-order chi connectivity index (χ1) is 20.5. The third-order valence-electron chi connectivity index (χ3n) is 6.06. The Morgan fingerprint density at radius 3 is 0.812 bits per heavy atom. The van der Waals surface area contributed by atoms with Gasteiger partial charge in [0.15, 0.2) is 26.0 Å². The molecule has 0 nitrogen and oxygen atoms in total. The van der Waals surface area contributed by atoms with Crippen LogP contribution in [-0.4, -0.2) is 37.4 Å². The van der Waals surface area contributed by atoms with Crippen molar-refractivity contribution in [2.24, 2.45) is 0 Å². The van der Waals surface area contributed by atoms with E-state index in [2.05, 4.69) is 0 Å². The Labute approximate surface area is 411 Å². The summed E-state index contributed by atoms with van der Waals surface area (Å²) in [6.07, 6.45) is 1.48. The van der Waals surface area contributed by atoms with Gasteiger partial charge >= 0.3 is 0 Å². The number of benzene rings is 1. The van der Waals surface area contributed by atoms with E-state index in [0.717, 1.165) is 12.1 Å². The Bertz CT molecular complexity index is 1250. The lowest BCUT2D eigenvalue weighted by Crippen LogP contribution is -2.57. The molecule has 0 saturated heterocycles. The molecule has 1 radical (unpaired) electrons. The molecule has 0 amide bonds. The average molecular weight is 1220 g/mol. The van der Waals surface area contributed by atoms with Gasteiger partial charge < -0.3 is 0 Å². The lowest BCUT2D eigenvalue weighted by Gasteiger charge is -2.48. The minimum atomic E-state index is -2.94. The van der Waals surface area contributed by atoms with Crippen molar-refractivity contribution in [3.05, 3.63) is 40.8 Å². The maximum Gasteiger partial charge on any atom is 0.226 e. The highest BCUT2D eigenvalue weighted by molar-refractivity contribution is 6.82. The zero-order valence-electron chi connectivity index (χ0n) is 21.6. The number of hydrogen-bond donors (Lipinski definition) is 0. The summed E-state index contributed by atoms with van der Waals surface area (Å²) in [4.78, 5) is 0. The molecule has 1 aromatic rings. The van der Waals surface area contributed by atoms with Crippen molar-refractivity contribution in [2.45, 2.75) is 63.7 Å². The fraction of sp³-hybridized carbons (Fsp3) is 0.667. The van der Waals surface area contributed by atoms with Crippen molar-refractivity contribution in [3.63, 3.8) is 0 Å². The lowest BCUT2D eigenvalue weighted by atomic mass is 9.86. The molecule has 0 aromatic heterocycles. The highest BCUT2D eigenvalue weighted by atomic mass is 35.6. The van der Waals surface area contributed by atoms with Gasteiger partial charge in [-0.15, -0.1) is 0 Å². The molecule has 0 aliphatic rings. The monoisotopic (exact) mass is 1200 g/mol. The molecular weight excluding hydrogens is 1210 g/mol. The molecule has 0 heterocycles. The summed E-state index contributed by atoms with van der Waals surface area (Å²) in [5, 5.41) is 0. The van der Waals surface area contributed by atoms with E-state index in [1.54, 1.807) is 6.92 Å². The second-order valence-electron chi connectivity index (χ2n) is 9.26. The topological polar surface area (TPSA) is 0 Å². The number of hydrogen-bond acceptors (Lipinski definition) is 0. The normalized spacial score (nSPS) is 16.1. The average Bonchev–Trinajstić information content (AvgIpc) is 2.85. The van der Waals surface area contributed by atoms with E-state index < -0.39 is 67.1 Å². The number of alkyl halides is 27. The molecule has 0 unspecified atom stereocenters. The van der Waals surface area contributed by atoms with Gasteiger partial charge in [0.25, 0.3) is 0 Å². The Balaban J connectivity index is 4.74. The van der Waals surface area contributed by atoms with Gasteiger partial charge in [-0.25, -0.2) is 0 Å². The van der Waals surface area contributed by atoms with Crippen LogP contribution < -0.4 is 0 Å². The molecule has 1 aromatic carbocycles. The van der Waals surface area contributed by atoms with Gasteiger partial charge in [0.1, 0.15) is 0 Å². The predicted molar refractivity (Wildman–Crippen MR) is 228 cm³/mol. The smallest absolute Gasteiger partial charge is 0.0943 e. The van der Waals surface area contributed by atoms with Gasteiger partial charge in [-0.3, -0.25) is 0 Å². The van der Waals surface area contributed by atoms with E-state index in [4.69, 9.17) is 313 Å². The second-order valence-corrected chi connectivity index (χ2v) is 28.1. The van der Waals surface area contributed by atoms with Crippen molar-refractivity contribution >= 4 is 313 Å². The standard InChI is InChI=1S/C21H8Cl27/c1-2-3-7-8(11(24,25)14(30,31)17(36,37)20(43,44)45)4-6(10(22,23)13(28,29)16(34,35)19(40,41)42)5-9(7)12(26,27)15(32,33)18(38,39)21(46,47)48/h3-5H,2H2,1H3. The molecule has 0 atom stereocenters. The van der Waals surface area contributed by atoms with Crippen molar-refractivity contribution in [3.8, 4) is 0 Å². The summed E-state index contributed by atoms with van der Waals surface area (Å²) in [5.74, 6) is 0. The van der Waals surface area contributed by atoms with Gasteiger partial charge in [0.2, 0.25) is 24.4 Å². The molecule has 0 spiro atoms. The molecule has 0 bridgehead atoms. The summed E-state index contributed by atoms with van der Waals surface area (Å²) in [7, 11) is 0. The highest BCUT2D eigenvalue weighted by Gasteiger charge is 2.73. The largest absolute Gasteiger partial charge is 0.226 e. The maximum absolute atomic E-state index is 6.88. The van der Waals surface area contributed by atoms with Gasteiger partial charge in [0, 0.05) is 0 Å². The van der Waals surface area contributed by atoms with Crippen LogP contribution in [0.4, 0.5) is 0 Å². The first-order valence-electron chi connectivity index (χ1n) is 11.2. The molecule has 0 N–H and O–H groups in total. The van der Waals surface area contributed by atoms with Crippen LogP contribution in [0.1, 0.15) is 35.6 Å². The molecule has 281 valence electrons. The molecule has 48 heavy (non-hydrogen) atoms. The molecule has 0 saturated carbocycles. The van der Waals surface area contributed by atoms with Crippen molar-refractivity contribution < 1.29 is 0 Å². The van der Waals surface area contributed by atoms with E-state index in [9.17, 15) is 0 Å². The molecule has 0 fully saturated rings. The summed E-state index contributed by atoms with van der Waals surface area (Å²) in [6, 6.07) is 1.96. The summed E-state index contributed by atoms with van der Waals surface area (Å²) in [5.41, 5.74) is -1.76. The first-order valence-corrected chi connectivity index (χ1v) is 21.4. The fourth-order valence-electron chi connectivity index (χ4n) is 3.42. The third-order valence-corrected chi connectivity index (χ3v) is 22.4. The molecule has 0 aliphatic carbocycles. The van der Waals surface area contributed by atoms with Crippen LogP contribution in [0, 0.1) is 6.42 Å². The van der Waals surface area contributed by atoms with Gasteiger partial charge in [0.05, 0.1) is 0 Å². The van der Waals surface area contributed by atoms with Crippen molar-refractivity contribution in [1.29, 1.82) is 0 Å². The van der Waals surface area contributed by atoms with Gasteiger partial charge in [-0.1, -0.05) is 320 Å². The van der Waals surface area contributed by atoms with E-state index in [1.807, 2.05) is 0 Å². The van der Waals surface area contributed by atoms with E-state index >= 15 is 0 Å². The summed E-state index contributed by atoms with van der Waals surface area (Å²) >= 11 is 173. The van der Waals surface area contributed by atoms with Crippen molar-refractivity contribution in [2.75, 3.05) is 0 Å². The molecule has 0 aliphatic heterocycles. The zero-order valence-corrected chi connectivity index (χ0v) is 42.1. The Morgan fingerprint density at radius 1 is 0.375 bits per heavy atom. The fourth-order valence-corrected chi connectivity index (χ4v) is 10.2. The lowest BCUT2D eigenvalue weighted by molar-refractivity contribution is 0.576. The number of halogens is 27. The first kappa shape index (κ1) is 53.1. The molecule has 1 rings (SSSR count). The van der Waals surface area contributed by atoms with Gasteiger partial charge in [-0.05, 0) is 47.2 Å². The number of rotatable bonds is 11. The minimum Gasteiger partial charge on any atom is -0.0943 e. The minimum absolute atomic E-state index is 0.110. The van der Waals surface area contributed by atoms with Crippen LogP contribution in [-0.2, 0) is 13.0 Å². The summed E-state index contributed by atoms with van der Waals surface area (Å²) < 4.78 is -34.0. The van der Waals surface area contributed by atoms with E-state index in [0.29, 0.717) is 0 Å². The molecular formula is C21H8Cl27. The van der Waals surface area contributed by atoms with Crippen LogP contribution >= 0.6 is 313 Å².